The number of piperazine rings is 1. The van der Waals surface area contributed by atoms with E-state index in [1.54, 1.807) is 18.1 Å². The number of anilines is 3. The molecule has 2 aromatic rings. The molecular formula is C24H31N5O2. The van der Waals surface area contributed by atoms with Gasteiger partial charge in [-0.1, -0.05) is 6.07 Å². The van der Waals surface area contributed by atoms with Crippen molar-refractivity contribution in [2.75, 3.05) is 61.1 Å². The molecule has 7 heteroatoms. The second kappa shape index (κ2) is 11.7. The summed E-state index contributed by atoms with van der Waals surface area (Å²) in [5.74, 6) is 1.03. The average Bonchev–Trinajstić information content (AvgIpc) is 2.81. The predicted octanol–water partition coefficient (Wildman–Crippen LogP) is 3.31. The van der Waals surface area contributed by atoms with Gasteiger partial charge in [-0.25, -0.2) is 4.98 Å². The molecule has 1 aliphatic rings. The zero-order valence-corrected chi connectivity index (χ0v) is 18.7. The van der Waals surface area contributed by atoms with E-state index >= 15 is 0 Å². The molecule has 3 rings (SSSR count). The monoisotopic (exact) mass is 421 g/mol. The number of rotatable bonds is 7. The van der Waals surface area contributed by atoms with Gasteiger partial charge in [-0.05, 0) is 43.2 Å². The van der Waals surface area contributed by atoms with E-state index in [2.05, 4.69) is 53.9 Å². The van der Waals surface area contributed by atoms with Crippen LogP contribution in [0, 0.1) is 25.2 Å². The number of benzene rings is 1. The number of carbonyl (C=O) groups is 1. The number of pyridine rings is 1. The minimum Gasteiger partial charge on any atom is -0.383 e. The van der Waals surface area contributed by atoms with Crippen LogP contribution in [-0.2, 0) is 9.53 Å². The molecule has 2 heterocycles. The number of hydrogen-bond donors (Lipinski definition) is 0. The van der Waals surface area contributed by atoms with Crippen molar-refractivity contribution in [2.24, 2.45) is 0 Å². The van der Waals surface area contributed by atoms with Crippen LogP contribution in [-0.4, -0.2) is 57.8 Å². The van der Waals surface area contributed by atoms with Gasteiger partial charge in [0.2, 0.25) is 6.41 Å². The van der Waals surface area contributed by atoms with Crippen LogP contribution in [0.2, 0.25) is 0 Å². The largest absolute Gasteiger partial charge is 0.383 e. The summed E-state index contributed by atoms with van der Waals surface area (Å²) in [7, 11) is 1.60. The van der Waals surface area contributed by atoms with Gasteiger partial charge in [-0.3, -0.25) is 4.79 Å². The van der Waals surface area contributed by atoms with Crippen LogP contribution in [0.4, 0.5) is 17.2 Å². The third-order valence-electron chi connectivity index (χ3n) is 5.20. The van der Waals surface area contributed by atoms with E-state index in [4.69, 9.17) is 4.74 Å². The number of aromatic nitrogens is 1. The molecular weight excluding hydrogens is 390 g/mol. The van der Waals surface area contributed by atoms with Gasteiger partial charge < -0.3 is 19.4 Å². The Bertz CT molecular complexity index is 917. The highest BCUT2D eigenvalue weighted by molar-refractivity contribution is 5.78. The number of amides is 1. The molecule has 0 spiro atoms. The third-order valence-corrected chi connectivity index (χ3v) is 5.20. The lowest BCUT2D eigenvalue weighted by Crippen LogP contribution is -2.47. The predicted molar refractivity (Wildman–Crippen MR) is 126 cm³/mol. The Morgan fingerprint density at radius 2 is 1.87 bits per heavy atom. The summed E-state index contributed by atoms with van der Waals surface area (Å²) in [5.41, 5.74) is 4.53. The standard InChI is InChI=1S/C22H27N5O2.C2H4/c1-17-12-18(2)22(24-15-17)26-8-6-25(7-9-26)21-5-4-20(13-19(21)14-23)27(16-28)10-11-29-3;1-2/h4-5,12-13,15-16H,6-11H2,1-3H3;1-2H2. The summed E-state index contributed by atoms with van der Waals surface area (Å²) >= 11 is 0. The van der Waals surface area contributed by atoms with Crippen molar-refractivity contribution >= 4 is 23.6 Å². The molecule has 0 radical (unpaired) electrons. The highest BCUT2D eigenvalue weighted by Gasteiger charge is 2.22. The van der Waals surface area contributed by atoms with Gasteiger partial charge in [0.25, 0.3) is 0 Å². The van der Waals surface area contributed by atoms with Gasteiger partial charge in [-0.15, -0.1) is 13.2 Å². The Hall–Kier alpha value is -3.37. The highest BCUT2D eigenvalue weighted by atomic mass is 16.5. The summed E-state index contributed by atoms with van der Waals surface area (Å²) in [6.45, 7) is 14.3. The van der Waals surface area contributed by atoms with Crippen molar-refractivity contribution < 1.29 is 9.53 Å². The lowest BCUT2D eigenvalue weighted by atomic mass is 10.1. The lowest BCUT2D eigenvalue weighted by Gasteiger charge is -2.37. The molecule has 31 heavy (non-hydrogen) atoms. The van der Waals surface area contributed by atoms with Crippen molar-refractivity contribution in [2.45, 2.75) is 13.8 Å². The number of hydrogen-bond acceptors (Lipinski definition) is 6. The zero-order valence-electron chi connectivity index (χ0n) is 18.7. The Morgan fingerprint density at radius 1 is 1.19 bits per heavy atom. The topological polar surface area (TPSA) is 72.7 Å². The minimum absolute atomic E-state index is 0.441. The SMILES string of the molecule is C=C.COCCN(C=O)c1ccc(N2CCN(c3ncc(C)cc3C)CC2)c(C#N)c1. The summed E-state index contributed by atoms with van der Waals surface area (Å²) in [5, 5.41) is 9.67. The smallest absolute Gasteiger partial charge is 0.214 e. The fraction of sp³-hybridized carbons (Fsp3) is 0.375. The molecule has 1 aliphatic heterocycles. The maximum absolute atomic E-state index is 11.4. The molecule has 0 aliphatic carbocycles. The van der Waals surface area contributed by atoms with Gasteiger partial charge in [0, 0.05) is 51.7 Å². The lowest BCUT2D eigenvalue weighted by molar-refractivity contribution is -0.107. The van der Waals surface area contributed by atoms with E-state index in [0.717, 1.165) is 44.1 Å². The first kappa shape index (κ1) is 23.9. The van der Waals surface area contributed by atoms with Crippen LogP contribution < -0.4 is 14.7 Å². The molecule has 1 saturated heterocycles. The second-order valence-electron chi connectivity index (χ2n) is 7.23. The minimum atomic E-state index is 0.441. The quantitative estimate of drug-likeness (QED) is 0.505. The second-order valence-corrected chi connectivity index (χ2v) is 7.23. The van der Waals surface area contributed by atoms with E-state index in [-0.39, 0.29) is 0 Å². The van der Waals surface area contributed by atoms with E-state index in [1.807, 2.05) is 18.3 Å². The number of nitriles is 1. The fourth-order valence-electron chi connectivity index (χ4n) is 3.70. The maximum atomic E-state index is 11.4. The van der Waals surface area contributed by atoms with E-state index in [0.29, 0.717) is 24.4 Å². The van der Waals surface area contributed by atoms with Crippen LogP contribution >= 0.6 is 0 Å². The molecule has 0 unspecified atom stereocenters. The number of aryl methyl sites for hydroxylation is 2. The van der Waals surface area contributed by atoms with Gasteiger partial charge >= 0.3 is 0 Å². The van der Waals surface area contributed by atoms with Crippen molar-refractivity contribution in [3.8, 4) is 6.07 Å². The first-order valence-corrected chi connectivity index (χ1v) is 10.3. The molecule has 1 aromatic heterocycles. The first-order chi connectivity index (χ1) is 15.1. The van der Waals surface area contributed by atoms with Gasteiger partial charge in [0.05, 0.1) is 17.9 Å². The molecule has 7 nitrogen and oxygen atoms in total. The number of methoxy groups -OCH3 is 1. The normalized spacial score (nSPS) is 13.1. The van der Waals surface area contributed by atoms with Crippen molar-refractivity contribution in [3.05, 3.63) is 60.3 Å². The Labute approximate surface area is 185 Å². The van der Waals surface area contributed by atoms with Crippen LogP contribution in [0.5, 0.6) is 0 Å². The van der Waals surface area contributed by atoms with Crippen LogP contribution in [0.1, 0.15) is 16.7 Å². The van der Waals surface area contributed by atoms with Gasteiger partial charge in [0.1, 0.15) is 11.9 Å². The summed E-state index contributed by atoms with van der Waals surface area (Å²) in [4.78, 5) is 22.1. The van der Waals surface area contributed by atoms with E-state index < -0.39 is 0 Å². The van der Waals surface area contributed by atoms with Crippen molar-refractivity contribution in [3.63, 3.8) is 0 Å². The summed E-state index contributed by atoms with van der Waals surface area (Å²) < 4.78 is 5.05. The van der Waals surface area contributed by atoms with Crippen LogP contribution in [0.25, 0.3) is 0 Å². The average molecular weight is 422 g/mol. The number of carbonyl (C=O) groups excluding carboxylic acids is 1. The molecule has 0 N–H and O–H groups in total. The molecule has 1 amide bonds. The Kier molecular flexibility index (Phi) is 9.04. The zero-order chi connectivity index (χ0) is 22.8. The summed E-state index contributed by atoms with van der Waals surface area (Å²) in [6, 6.07) is 10.0. The molecule has 0 atom stereocenters. The van der Waals surface area contributed by atoms with Crippen LogP contribution in [0.15, 0.2) is 43.6 Å². The molecule has 164 valence electrons. The molecule has 1 fully saturated rings. The van der Waals surface area contributed by atoms with Gasteiger partial charge in [-0.2, -0.15) is 5.26 Å². The van der Waals surface area contributed by atoms with E-state index in [1.165, 1.54) is 11.1 Å². The molecule has 1 aromatic carbocycles. The van der Waals surface area contributed by atoms with Gasteiger partial charge in [0.15, 0.2) is 0 Å². The molecule has 0 bridgehead atoms. The first-order valence-electron chi connectivity index (χ1n) is 10.3. The Morgan fingerprint density at radius 3 is 2.45 bits per heavy atom. The number of nitrogens with zero attached hydrogens (tertiary/aromatic N) is 5. The van der Waals surface area contributed by atoms with Crippen molar-refractivity contribution in [1.29, 1.82) is 5.26 Å². The van der Waals surface area contributed by atoms with Crippen LogP contribution in [0.3, 0.4) is 0 Å². The highest BCUT2D eigenvalue weighted by Crippen LogP contribution is 2.28. The number of ether oxygens (including phenoxy) is 1. The fourth-order valence-corrected chi connectivity index (χ4v) is 3.70. The third kappa shape index (κ3) is 5.83. The van der Waals surface area contributed by atoms with E-state index in [9.17, 15) is 10.1 Å². The summed E-state index contributed by atoms with van der Waals surface area (Å²) in [6.07, 6.45) is 2.68. The maximum Gasteiger partial charge on any atom is 0.214 e. The Balaban J connectivity index is 0.00000166. The van der Waals surface area contributed by atoms with Crippen molar-refractivity contribution in [1.82, 2.24) is 4.98 Å². The molecule has 0 saturated carbocycles.